The van der Waals surface area contributed by atoms with Crippen LogP contribution in [0.25, 0.3) is 5.57 Å². The van der Waals surface area contributed by atoms with Gasteiger partial charge in [0.2, 0.25) is 5.91 Å². The Kier molecular flexibility index (Phi) is 3.65. The lowest BCUT2D eigenvalue weighted by Gasteiger charge is -2.03. The second-order valence-electron chi connectivity index (χ2n) is 2.86. The molecule has 0 fully saturated rings. The van der Waals surface area contributed by atoms with Gasteiger partial charge in [0.15, 0.2) is 0 Å². The summed E-state index contributed by atoms with van der Waals surface area (Å²) < 4.78 is 0. The summed E-state index contributed by atoms with van der Waals surface area (Å²) in [6.45, 7) is 1.64. The number of carbonyl (C=O) groups is 1. The van der Waals surface area contributed by atoms with Gasteiger partial charge in [-0.25, -0.2) is 4.79 Å². The zero-order chi connectivity index (χ0) is 10.4. The first kappa shape index (κ1) is 10.2. The number of rotatable bonds is 3. The topological polar surface area (TPSA) is 46.2 Å². The van der Waals surface area contributed by atoms with Gasteiger partial charge >= 0.3 is 0 Å². The van der Waals surface area contributed by atoms with Crippen LogP contribution in [0.15, 0.2) is 30.3 Å². The molecule has 0 aliphatic heterocycles. The van der Waals surface area contributed by atoms with E-state index in [1.165, 1.54) is 6.92 Å². The zero-order valence-electron chi connectivity index (χ0n) is 7.91. The molecule has 0 saturated heterocycles. The molecule has 0 atom stereocenters. The largest absolute Gasteiger partial charge is 0.351 e. The van der Waals surface area contributed by atoms with Crippen LogP contribution in [0.2, 0.25) is 0 Å². The summed E-state index contributed by atoms with van der Waals surface area (Å²) in [5, 5.41) is 2.56. The van der Waals surface area contributed by atoms with Gasteiger partial charge in [-0.2, -0.15) is 0 Å². The Labute approximate surface area is 82.4 Å². The van der Waals surface area contributed by atoms with Gasteiger partial charge in [0, 0.05) is 6.92 Å². The number of amides is 1. The zero-order valence-corrected chi connectivity index (χ0v) is 7.91. The molecule has 0 unspecified atom stereocenters. The summed E-state index contributed by atoms with van der Waals surface area (Å²) in [7, 11) is 0. The van der Waals surface area contributed by atoms with Crippen molar-refractivity contribution in [1.29, 1.82) is 0 Å². The second-order valence-corrected chi connectivity index (χ2v) is 2.86. The second kappa shape index (κ2) is 5.00. The fraction of sp³-hybridized carbons (Fsp3) is 0.182. The summed E-state index contributed by atoms with van der Waals surface area (Å²) in [5.41, 5.74) is 1.25. The van der Waals surface area contributed by atoms with Gasteiger partial charge in [-0.1, -0.05) is 30.3 Å². The van der Waals surface area contributed by atoms with E-state index in [0.717, 1.165) is 5.56 Å². The number of nitrogens with one attached hydrogen (secondary N) is 1. The van der Waals surface area contributed by atoms with E-state index < -0.39 is 0 Å². The molecule has 0 spiro atoms. The molecule has 1 amide bonds. The van der Waals surface area contributed by atoms with Crippen LogP contribution in [-0.2, 0) is 9.59 Å². The molecule has 72 valence electrons. The molecule has 1 aromatic rings. The highest BCUT2D eigenvalue weighted by molar-refractivity contribution is 5.90. The predicted molar refractivity (Wildman–Crippen MR) is 54.2 cm³/mol. The van der Waals surface area contributed by atoms with Crippen LogP contribution >= 0.6 is 0 Å². The Morgan fingerprint density at radius 1 is 1.36 bits per heavy atom. The Morgan fingerprint density at radius 2 is 2.00 bits per heavy atom. The highest BCUT2D eigenvalue weighted by atomic mass is 16.1. The number of carbonyl (C=O) groups excluding carboxylic acids is 2. The standard InChI is InChI=1S/C11H11NO2/c1-9(14)12-7-11(8-13)10-5-3-2-4-6-10/h2-6H,7H2,1H3,(H,12,14). The van der Waals surface area contributed by atoms with Crippen molar-refractivity contribution in [1.82, 2.24) is 5.32 Å². The third-order valence-electron chi connectivity index (χ3n) is 1.76. The van der Waals surface area contributed by atoms with Crippen molar-refractivity contribution in [3.05, 3.63) is 35.9 Å². The quantitative estimate of drug-likeness (QED) is 0.722. The lowest BCUT2D eigenvalue weighted by Crippen LogP contribution is -2.22. The average Bonchev–Trinajstić information content (AvgIpc) is 2.20. The minimum absolute atomic E-state index is 0.159. The maximum atomic E-state index is 10.6. The summed E-state index contributed by atoms with van der Waals surface area (Å²) >= 11 is 0. The van der Waals surface area contributed by atoms with Crippen molar-refractivity contribution in [2.75, 3.05) is 6.54 Å². The van der Waals surface area contributed by atoms with Gasteiger partial charge in [-0.05, 0) is 5.56 Å². The molecular weight excluding hydrogens is 178 g/mol. The molecule has 3 nitrogen and oxygen atoms in total. The highest BCUT2D eigenvalue weighted by Crippen LogP contribution is 2.08. The predicted octanol–water partition coefficient (Wildman–Crippen LogP) is 1.04. The molecule has 0 radical (unpaired) electrons. The lowest BCUT2D eigenvalue weighted by molar-refractivity contribution is -0.118. The monoisotopic (exact) mass is 189 g/mol. The smallest absolute Gasteiger partial charge is 0.217 e. The van der Waals surface area contributed by atoms with Gasteiger partial charge < -0.3 is 5.32 Å². The van der Waals surface area contributed by atoms with Crippen LogP contribution < -0.4 is 5.32 Å². The average molecular weight is 189 g/mol. The van der Waals surface area contributed by atoms with Crippen molar-refractivity contribution in [2.45, 2.75) is 6.92 Å². The van der Waals surface area contributed by atoms with Crippen molar-refractivity contribution in [3.63, 3.8) is 0 Å². The number of hydrogen-bond acceptors (Lipinski definition) is 2. The number of benzene rings is 1. The third kappa shape index (κ3) is 2.88. The molecule has 0 aliphatic rings. The van der Waals surface area contributed by atoms with Gasteiger partial charge in [-0.3, -0.25) is 4.79 Å². The lowest BCUT2D eigenvalue weighted by atomic mass is 10.1. The fourth-order valence-corrected chi connectivity index (χ4v) is 1.05. The van der Waals surface area contributed by atoms with Crippen molar-refractivity contribution in [2.24, 2.45) is 0 Å². The van der Waals surface area contributed by atoms with Gasteiger partial charge in [0.05, 0.1) is 12.1 Å². The fourth-order valence-electron chi connectivity index (χ4n) is 1.05. The molecule has 14 heavy (non-hydrogen) atoms. The van der Waals surface area contributed by atoms with E-state index in [1.807, 2.05) is 36.3 Å². The summed E-state index contributed by atoms with van der Waals surface area (Å²) in [5.74, 6) is 1.67. The molecule has 0 saturated carbocycles. The van der Waals surface area contributed by atoms with E-state index in [2.05, 4.69) is 5.32 Å². The molecule has 0 heterocycles. The van der Waals surface area contributed by atoms with Crippen LogP contribution in [0.5, 0.6) is 0 Å². The van der Waals surface area contributed by atoms with Crippen LogP contribution in [0.1, 0.15) is 12.5 Å². The Morgan fingerprint density at radius 3 is 2.50 bits per heavy atom. The van der Waals surface area contributed by atoms with Gasteiger partial charge in [-0.15, -0.1) is 0 Å². The Bertz CT molecular complexity index is 364. The van der Waals surface area contributed by atoms with E-state index in [9.17, 15) is 9.59 Å². The van der Waals surface area contributed by atoms with Crippen LogP contribution in [-0.4, -0.2) is 18.4 Å². The first-order valence-electron chi connectivity index (χ1n) is 4.28. The minimum atomic E-state index is -0.159. The van der Waals surface area contributed by atoms with E-state index in [4.69, 9.17) is 0 Å². The SMILES string of the molecule is CC(=O)NCC(=C=O)c1ccccc1. The summed E-state index contributed by atoms with van der Waals surface area (Å²) in [6.07, 6.45) is 0. The third-order valence-corrected chi connectivity index (χ3v) is 1.76. The molecule has 1 aromatic carbocycles. The van der Waals surface area contributed by atoms with Crippen LogP contribution in [0, 0.1) is 0 Å². The molecule has 0 aliphatic carbocycles. The van der Waals surface area contributed by atoms with Crippen LogP contribution in [0.4, 0.5) is 0 Å². The summed E-state index contributed by atoms with van der Waals surface area (Å²) in [4.78, 5) is 21.2. The first-order valence-corrected chi connectivity index (χ1v) is 4.28. The van der Waals surface area contributed by atoms with Crippen molar-refractivity contribution >= 4 is 17.4 Å². The molecule has 3 heteroatoms. The Balaban J connectivity index is 2.75. The number of hydrogen-bond donors (Lipinski definition) is 1. The summed E-state index contributed by atoms with van der Waals surface area (Å²) in [6, 6.07) is 9.15. The molecular formula is C11H11NO2. The van der Waals surface area contributed by atoms with E-state index in [1.54, 1.807) is 0 Å². The van der Waals surface area contributed by atoms with Gasteiger partial charge in [0.1, 0.15) is 5.94 Å². The molecule has 0 bridgehead atoms. The maximum absolute atomic E-state index is 10.6. The Hall–Kier alpha value is -1.86. The van der Waals surface area contributed by atoms with Crippen molar-refractivity contribution < 1.29 is 9.59 Å². The molecule has 0 aromatic heterocycles. The molecule has 1 rings (SSSR count). The van der Waals surface area contributed by atoms with E-state index in [0.29, 0.717) is 5.57 Å². The van der Waals surface area contributed by atoms with E-state index in [-0.39, 0.29) is 12.5 Å². The van der Waals surface area contributed by atoms with Crippen LogP contribution in [0.3, 0.4) is 0 Å². The normalized spacial score (nSPS) is 8.93. The van der Waals surface area contributed by atoms with Crippen molar-refractivity contribution in [3.8, 4) is 0 Å². The van der Waals surface area contributed by atoms with Gasteiger partial charge in [0.25, 0.3) is 0 Å². The van der Waals surface area contributed by atoms with E-state index >= 15 is 0 Å². The minimum Gasteiger partial charge on any atom is -0.351 e. The highest BCUT2D eigenvalue weighted by Gasteiger charge is 2.02. The first-order chi connectivity index (χ1) is 6.74. The maximum Gasteiger partial charge on any atom is 0.217 e. The molecule has 1 N–H and O–H groups in total.